The van der Waals surface area contributed by atoms with Crippen LogP contribution < -0.4 is 10.1 Å². The molecule has 111 valence electrons. The first-order valence-electron chi connectivity index (χ1n) is 7.40. The third-order valence-corrected chi connectivity index (χ3v) is 4.05. The highest BCUT2D eigenvalue weighted by Crippen LogP contribution is 2.42. The van der Waals surface area contributed by atoms with E-state index >= 15 is 0 Å². The Morgan fingerprint density at radius 2 is 1.52 bits per heavy atom. The molecule has 0 aromatic heterocycles. The van der Waals surface area contributed by atoms with Gasteiger partial charge in [-0.05, 0) is 48.5 Å². The molecule has 0 saturated carbocycles. The molecular weight excluding hydrogens is 286 g/mol. The van der Waals surface area contributed by atoms with Gasteiger partial charge in [0.15, 0.2) is 5.78 Å². The van der Waals surface area contributed by atoms with Crippen molar-refractivity contribution in [2.24, 2.45) is 0 Å². The topological polar surface area (TPSA) is 40.4 Å². The Kier molecular flexibility index (Phi) is 3.12. The first-order chi connectivity index (χ1) is 11.3. The highest BCUT2D eigenvalue weighted by Gasteiger charge is 2.21. The van der Waals surface area contributed by atoms with E-state index in [1.54, 1.807) is 31.4 Å². The van der Waals surface area contributed by atoms with E-state index in [4.69, 9.17) is 4.74 Å². The lowest BCUT2D eigenvalue weighted by molar-refractivity contribution is 0.103. The molecule has 4 rings (SSSR count). The van der Waals surface area contributed by atoms with Gasteiger partial charge in [-0.25, -0.2) is 5.32 Å². The van der Waals surface area contributed by atoms with Gasteiger partial charge in [-0.3, -0.25) is 4.79 Å². The largest absolute Gasteiger partial charge is 0.497 e. The molecule has 0 fully saturated rings. The molecule has 3 heteroatoms. The van der Waals surface area contributed by atoms with E-state index in [0.717, 1.165) is 28.3 Å². The third-order valence-electron chi connectivity index (χ3n) is 4.05. The first kappa shape index (κ1) is 13.6. The summed E-state index contributed by atoms with van der Waals surface area (Å²) in [6, 6.07) is 20.8. The van der Waals surface area contributed by atoms with Crippen molar-refractivity contribution in [3.63, 3.8) is 0 Å². The average molecular weight is 300 g/mol. The van der Waals surface area contributed by atoms with Crippen molar-refractivity contribution in [1.82, 2.24) is 5.32 Å². The minimum absolute atomic E-state index is 0.000154. The Morgan fingerprint density at radius 1 is 0.826 bits per heavy atom. The van der Waals surface area contributed by atoms with Crippen LogP contribution in [-0.2, 0) is 0 Å². The van der Waals surface area contributed by atoms with Crippen LogP contribution in [0.4, 0.5) is 11.4 Å². The molecule has 0 spiro atoms. The van der Waals surface area contributed by atoms with E-state index in [9.17, 15) is 4.79 Å². The average Bonchev–Trinajstić information content (AvgIpc) is 2.99. The van der Waals surface area contributed by atoms with Gasteiger partial charge in [0.05, 0.1) is 18.5 Å². The number of nitrogens with zero attached hydrogens (tertiary/aromatic N) is 1. The van der Waals surface area contributed by atoms with Crippen LogP contribution in [0.5, 0.6) is 5.75 Å². The molecule has 1 radical (unpaired) electrons. The van der Waals surface area contributed by atoms with E-state index in [1.807, 2.05) is 42.5 Å². The summed E-state index contributed by atoms with van der Waals surface area (Å²) in [4.78, 5) is 12.7. The number of hydrogen-bond acceptors (Lipinski definition) is 2. The van der Waals surface area contributed by atoms with Gasteiger partial charge in [0, 0.05) is 22.3 Å². The minimum Gasteiger partial charge on any atom is -0.497 e. The maximum absolute atomic E-state index is 12.7. The smallest absolute Gasteiger partial charge is 0.193 e. The predicted octanol–water partition coefficient (Wildman–Crippen LogP) is 4.47. The summed E-state index contributed by atoms with van der Waals surface area (Å²) >= 11 is 0. The molecule has 1 heterocycles. The lowest BCUT2D eigenvalue weighted by atomic mass is 9.98. The second-order valence-corrected chi connectivity index (χ2v) is 5.42. The molecule has 23 heavy (non-hydrogen) atoms. The maximum Gasteiger partial charge on any atom is 0.193 e. The molecule has 0 atom stereocenters. The number of carbonyl (C=O) groups is 1. The zero-order chi connectivity index (χ0) is 15.8. The van der Waals surface area contributed by atoms with Gasteiger partial charge < -0.3 is 4.74 Å². The third kappa shape index (κ3) is 2.27. The Hall–Kier alpha value is -3.07. The highest BCUT2D eigenvalue weighted by atomic mass is 16.5. The Labute approximate surface area is 134 Å². The molecule has 0 amide bonds. The van der Waals surface area contributed by atoms with Gasteiger partial charge in [-0.1, -0.05) is 18.2 Å². The summed E-state index contributed by atoms with van der Waals surface area (Å²) in [5.41, 5.74) is 5.27. The summed E-state index contributed by atoms with van der Waals surface area (Å²) in [6.07, 6.45) is 0. The van der Waals surface area contributed by atoms with Crippen molar-refractivity contribution in [3.8, 4) is 16.9 Å². The highest BCUT2D eigenvalue weighted by molar-refractivity contribution is 6.10. The quantitative estimate of drug-likeness (QED) is 0.524. The normalized spacial score (nSPS) is 11.3. The van der Waals surface area contributed by atoms with Crippen LogP contribution in [0.1, 0.15) is 15.9 Å². The summed E-state index contributed by atoms with van der Waals surface area (Å²) in [5, 5.41) is 4.58. The lowest BCUT2D eigenvalue weighted by Gasteiger charge is -2.05. The molecule has 3 nitrogen and oxygen atoms in total. The van der Waals surface area contributed by atoms with Gasteiger partial charge in [-0.2, -0.15) is 0 Å². The number of benzene rings is 3. The molecule has 3 aromatic rings. The monoisotopic (exact) mass is 300 g/mol. The predicted molar refractivity (Wildman–Crippen MR) is 89.8 cm³/mol. The SMILES string of the molecule is COc1ccc(C(=O)c2ccc3c(c2)-c2ccccc2[N]3)cc1. The van der Waals surface area contributed by atoms with Crippen LogP contribution in [0.2, 0.25) is 0 Å². The Balaban J connectivity index is 1.72. The molecule has 0 saturated heterocycles. The van der Waals surface area contributed by atoms with Crippen LogP contribution in [0.15, 0.2) is 66.7 Å². The molecule has 1 aliphatic rings. The van der Waals surface area contributed by atoms with Crippen molar-refractivity contribution in [1.29, 1.82) is 0 Å². The number of ketones is 1. The van der Waals surface area contributed by atoms with E-state index < -0.39 is 0 Å². The molecular formula is C20H14NO2. The number of hydrogen-bond donors (Lipinski definition) is 0. The summed E-state index contributed by atoms with van der Waals surface area (Å²) in [5.74, 6) is 0.739. The lowest BCUT2D eigenvalue weighted by Crippen LogP contribution is -2.01. The van der Waals surface area contributed by atoms with Gasteiger partial charge in [0.1, 0.15) is 5.75 Å². The number of ether oxygens (including phenoxy) is 1. The maximum atomic E-state index is 12.7. The van der Waals surface area contributed by atoms with Crippen LogP contribution in [0.3, 0.4) is 0 Å². The minimum atomic E-state index is -0.000154. The van der Waals surface area contributed by atoms with Crippen molar-refractivity contribution in [2.45, 2.75) is 0 Å². The number of fused-ring (bicyclic) bond motifs is 3. The van der Waals surface area contributed by atoms with E-state index in [1.165, 1.54) is 0 Å². The standard InChI is InChI=1S/C20H14NO2/c1-23-15-9-6-13(7-10-15)20(22)14-8-11-19-17(12-14)16-4-2-3-5-18(16)21-19/h2-12H,1H3. The molecule has 0 bridgehead atoms. The first-order valence-corrected chi connectivity index (χ1v) is 7.40. The Bertz CT molecular complexity index is 898. The second kappa shape index (κ2) is 5.29. The Morgan fingerprint density at radius 3 is 2.30 bits per heavy atom. The van der Waals surface area contributed by atoms with Gasteiger partial charge in [-0.15, -0.1) is 0 Å². The fourth-order valence-electron chi connectivity index (χ4n) is 2.83. The van der Waals surface area contributed by atoms with Crippen molar-refractivity contribution >= 4 is 17.2 Å². The van der Waals surface area contributed by atoms with E-state index in [0.29, 0.717) is 11.1 Å². The van der Waals surface area contributed by atoms with Crippen LogP contribution in [0, 0.1) is 0 Å². The summed E-state index contributed by atoms with van der Waals surface area (Å²) in [6.45, 7) is 0. The number of methoxy groups -OCH3 is 1. The van der Waals surface area contributed by atoms with E-state index in [2.05, 4.69) is 5.32 Å². The number of para-hydroxylation sites is 1. The van der Waals surface area contributed by atoms with Crippen molar-refractivity contribution < 1.29 is 9.53 Å². The number of rotatable bonds is 3. The summed E-state index contributed by atoms with van der Waals surface area (Å²) < 4.78 is 5.13. The van der Waals surface area contributed by atoms with Gasteiger partial charge in [0.25, 0.3) is 0 Å². The molecule has 0 unspecified atom stereocenters. The van der Waals surface area contributed by atoms with Gasteiger partial charge in [0.2, 0.25) is 0 Å². The number of carbonyl (C=O) groups excluding carboxylic acids is 1. The zero-order valence-corrected chi connectivity index (χ0v) is 12.6. The molecule has 1 aliphatic heterocycles. The van der Waals surface area contributed by atoms with Crippen molar-refractivity contribution in [2.75, 3.05) is 7.11 Å². The molecule has 3 aromatic carbocycles. The summed E-state index contributed by atoms with van der Waals surface area (Å²) in [7, 11) is 1.61. The van der Waals surface area contributed by atoms with Crippen LogP contribution in [-0.4, -0.2) is 12.9 Å². The van der Waals surface area contributed by atoms with Crippen molar-refractivity contribution in [3.05, 3.63) is 77.9 Å². The van der Waals surface area contributed by atoms with Gasteiger partial charge >= 0.3 is 0 Å². The second-order valence-electron chi connectivity index (χ2n) is 5.42. The van der Waals surface area contributed by atoms with E-state index in [-0.39, 0.29) is 5.78 Å². The fourth-order valence-corrected chi connectivity index (χ4v) is 2.83. The molecule has 0 aliphatic carbocycles. The zero-order valence-electron chi connectivity index (χ0n) is 12.6. The van der Waals surface area contributed by atoms with Crippen LogP contribution in [0.25, 0.3) is 11.1 Å². The molecule has 0 N–H and O–H groups in total. The van der Waals surface area contributed by atoms with Crippen LogP contribution >= 0.6 is 0 Å². The fraction of sp³-hybridized carbons (Fsp3) is 0.0500.